The number of pyridine rings is 2. The van der Waals surface area contributed by atoms with Gasteiger partial charge in [-0.15, -0.1) is 0 Å². The summed E-state index contributed by atoms with van der Waals surface area (Å²) in [5, 5.41) is 14.7. The summed E-state index contributed by atoms with van der Waals surface area (Å²) in [6.45, 7) is 0. The molecule has 436 valence electrons. The van der Waals surface area contributed by atoms with E-state index in [1.807, 2.05) is 72.8 Å². The molecule has 0 atom stereocenters. The molecule has 0 aliphatic rings. The fourth-order valence-electron chi connectivity index (χ4n) is 13.7. The molecule has 0 spiro atoms. The molecule has 0 aliphatic heterocycles. The predicted molar refractivity (Wildman–Crippen MR) is 380 cm³/mol. The van der Waals surface area contributed by atoms with Crippen LogP contribution in [0.3, 0.4) is 0 Å². The maximum atomic E-state index is 6.71. The highest BCUT2D eigenvalue weighted by molar-refractivity contribution is 6.18. The smallest absolute Gasteiger partial charge is 0.227 e. The first-order chi connectivity index (χ1) is 46.5. The maximum Gasteiger partial charge on any atom is 0.227 e. The lowest BCUT2D eigenvalue weighted by Gasteiger charge is -2.15. The van der Waals surface area contributed by atoms with Crippen LogP contribution in [0.1, 0.15) is 0 Å². The second-order valence-electron chi connectivity index (χ2n) is 23.8. The molecule has 6 aromatic heterocycles. The minimum absolute atomic E-state index is 0.524. The lowest BCUT2D eigenvalue weighted by Crippen LogP contribution is -2.00. The van der Waals surface area contributed by atoms with E-state index < -0.39 is 0 Å². The molecule has 10 nitrogen and oxygen atoms in total. The summed E-state index contributed by atoms with van der Waals surface area (Å²) < 4.78 is 13.4. The van der Waals surface area contributed by atoms with E-state index in [4.69, 9.17) is 48.7 Å². The van der Waals surface area contributed by atoms with Gasteiger partial charge in [0.05, 0.1) is 0 Å². The van der Waals surface area contributed by atoms with Crippen LogP contribution in [-0.2, 0) is 0 Å². The van der Waals surface area contributed by atoms with Crippen LogP contribution in [-0.4, -0.2) is 39.9 Å². The molecule has 0 unspecified atom stereocenters. The molecule has 0 bridgehead atoms. The van der Waals surface area contributed by atoms with Crippen molar-refractivity contribution in [1.82, 2.24) is 39.9 Å². The summed E-state index contributed by atoms with van der Waals surface area (Å²) in [5.74, 6) is 3.29. The largest absolute Gasteiger partial charge is 0.438 e. The zero-order chi connectivity index (χ0) is 61.8. The van der Waals surface area contributed by atoms with E-state index in [1.165, 1.54) is 5.39 Å². The van der Waals surface area contributed by atoms with Crippen molar-refractivity contribution in [2.24, 2.45) is 0 Å². The molecular weight excluding hydrogens is 1150 g/mol. The van der Waals surface area contributed by atoms with Gasteiger partial charge < -0.3 is 8.83 Å². The van der Waals surface area contributed by atoms with Crippen LogP contribution >= 0.6 is 0 Å². The average molecular weight is 1200 g/mol. The number of hydrogen-bond donors (Lipinski definition) is 0. The number of fused-ring (bicyclic) bond motifs is 12. The van der Waals surface area contributed by atoms with E-state index in [-0.39, 0.29) is 0 Å². The first-order valence-electron chi connectivity index (χ1n) is 31.3. The van der Waals surface area contributed by atoms with Crippen molar-refractivity contribution in [3.8, 4) is 102 Å². The fraction of sp³-hybridized carbons (Fsp3) is 0. The van der Waals surface area contributed by atoms with Crippen LogP contribution in [0.15, 0.2) is 300 Å². The summed E-state index contributed by atoms with van der Waals surface area (Å²) in [7, 11) is 0. The van der Waals surface area contributed by atoms with Crippen LogP contribution in [0.25, 0.3) is 200 Å². The molecule has 0 saturated carbocycles. The number of hydrogen-bond acceptors (Lipinski definition) is 10. The van der Waals surface area contributed by atoms with Gasteiger partial charge in [-0.25, -0.2) is 39.9 Å². The Bertz CT molecular complexity index is 6320. The highest BCUT2D eigenvalue weighted by Gasteiger charge is 2.24. The minimum Gasteiger partial charge on any atom is -0.438 e. The zero-order valence-electron chi connectivity index (χ0n) is 50.1. The Kier molecular flexibility index (Phi) is 12.0. The number of furan rings is 2. The number of benzene rings is 13. The Labute approximate surface area is 536 Å². The van der Waals surface area contributed by atoms with E-state index >= 15 is 0 Å². The molecule has 0 N–H and O–H groups in total. The van der Waals surface area contributed by atoms with Crippen LogP contribution < -0.4 is 0 Å². The molecule has 19 rings (SSSR count). The lowest BCUT2D eigenvalue weighted by atomic mass is 9.89. The molecule has 94 heavy (non-hydrogen) atoms. The number of aromatic nitrogens is 8. The van der Waals surface area contributed by atoms with E-state index in [2.05, 4.69) is 206 Å². The van der Waals surface area contributed by atoms with Gasteiger partial charge in [0.1, 0.15) is 11.2 Å². The maximum absolute atomic E-state index is 6.71. The summed E-state index contributed by atoms with van der Waals surface area (Å²) in [6.07, 6.45) is 3.53. The van der Waals surface area contributed by atoms with E-state index in [0.29, 0.717) is 52.0 Å². The molecular formula is C84H48N8O2. The molecule has 10 heteroatoms. The van der Waals surface area contributed by atoms with E-state index in [9.17, 15) is 0 Å². The molecule has 19 aromatic rings. The topological polar surface area (TPSA) is 129 Å². The normalized spacial score (nSPS) is 11.8. The van der Waals surface area contributed by atoms with Gasteiger partial charge in [0.25, 0.3) is 0 Å². The summed E-state index contributed by atoms with van der Waals surface area (Å²) in [5.41, 5.74) is 13.7. The SMILES string of the molecule is c1ccc(-c2nc(-c3ccc4ccccc4c3)nc(-c3cc(-c4ccc5c(c4)c(-c4ccc6ccc(-c7nc(-c8ccccc8)nc(-c8ccc(-c9ccc%10ccccc%10c9)c9oc%10ncccc%10c89)n7)cc6c4)cc4ccccc45)cc4oc5ncccc5c34)n2)cc1. The first-order valence-corrected chi connectivity index (χ1v) is 31.3. The standard InChI is InChI=1S/C84H48N8O2/c1-3-17-52(18-4-1)77-87-80(91-81(89-77)67-38-37-65(58-31-27-49-15-7-9-21-54(49)41-58)76-75(67)69-26-14-40-86-84(69)94-76)61-34-30-51-28-32-59(43-62(51)44-61)70-46-57-23-11-12-24-64(57)66-36-35-56(45-71(66)70)63-47-72(74-68-25-13-39-85-83(68)93-73(74)48-63)82-90-78(53-19-5-2-6-20-53)88-79(92-82)60-33-29-50-16-8-10-22-55(50)42-60/h1-48H. The Balaban J connectivity index is 0.763. The third-order valence-electron chi connectivity index (χ3n) is 18.2. The Morgan fingerprint density at radius 1 is 0.213 bits per heavy atom. The molecule has 0 fully saturated rings. The van der Waals surface area contributed by atoms with Gasteiger partial charge in [0.2, 0.25) is 11.4 Å². The van der Waals surface area contributed by atoms with Gasteiger partial charge in [0.15, 0.2) is 34.9 Å². The van der Waals surface area contributed by atoms with E-state index in [1.54, 1.807) is 12.4 Å². The Morgan fingerprint density at radius 2 is 0.681 bits per heavy atom. The third kappa shape index (κ3) is 8.95. The molecule has 0 aliphatic carbocycles. The second kappa shape index (κ2) is 21.4. The zero-order valence-corrected chi connectivity index (χ0v) is 50.1. The van der Waals surface area contributed by atoms with Crippen LogP contribution in [0.2, 0.25) is 0 Å². The fourth-order valence-corrected chi connectivity index (χ4v) is 13.7. The highest BCUT2D eigenvalue weighted by atomic mass is 16.3. The third-order valence-corrected chi connectivity index (χ3v) is 18.2. The van der Waals surface area contributed by atoms with Gasteiger partial charge >= 0.3 is 0 Å². The van der Waals surface area contributed by atoms with Crippen molar-refractivity contribution in [3.63, 3.8) is 0 Å². The summed E-state index contributed by atoms with van der Waals surface area (Å²) in [6, 6.07) is 97.3. The molecule has 13 aromatic carbocycles. The first kappa shape index (κ1) is 53.0. The van der Waals surface area contributed by atoms with Gasteiger partial charge in [-0.3, -0.25) is 0 Å². The second-order valence-corrected chi connectivity index (χ2v) is 23.8. The van der Waals surface area contributed by atoms with Crippen LogP contribution in [0.5, 0.6) is 0 Å². The molecule has 0 saturated heterocycles. The molecule has 0 radical (unpaired) electrons. The van der Waals surface area contributed by atoms with Crippen molar-refractivity contribution in [2.45, 2.75) is 0 Å². The van der Waals surface area contributed by atoms with Gasteiger partial charge in [-0.2, -0.15) is 0 Å². The van der Waals surface area contributed by atoms with Crippen molar-refractivity contribution in [3.05, 3.63) is 291 Å². The monoisotopic (exact) mass is 1200 g/mol. The average Bonchev–Trinajstić information content (AvgIpc) is 1.64. The summed E-state index contributed by atoms with van der Waals surface area (Å²) >= 11 is 0. The minimum atomic E-state index is 0.524. The van der Waals surface area contributed by atoms with E-state index in [0.717, 1.165) is 142 Å². The number of nitrogens with zero attached hydrogens (tertiary/aromatic N) is 8. The quantitative estimate of drug-likeness (QED) is 0.129. The summed E-state index contributed by atoms with van der Waals surface area (Å²) in [4.78, 5) is 41.1. The van der Waals surface area contributed by atoms with Gasteiger partial charge in [-0.05, 0) is 167 Å². The number of rotatable bonds is 9. The van der Waals surface area contributed by atoms with Crippen molar-refractivity contribution >= 4 is 98.0 Å². The van der Waals surface area contributed by atoms with Gasteiger partial charge in [-0.1, -0.05) is 194 Å². The molecule has 0 amide bonds. The lowest BCUT2D eigenvalue weighted by molar-refractivity contribution is 0.654. The predicted octanol–water partition coefficient (Wildman–Crippen LogP) is 21.4. The molecule has 6 heterocycles. The van der Waals surface area contributed by atoms with Crippen molar-refractivity contribution in [2.75, 3.05) is 0 Å². The van der Waals surface area contributed by atoms with Crippen LogP contribution in [0.4, 0.5) is 0 Å². The van der Waals surface area contributed by atoms with Crippen molar-refractivity contribution in [1.29, 1.82) is 0 Å². The highest BCUT2D eigenvalue weighted by Crippen LogP contribution is 2.45. The van der Waals surface area contributed by atoms with Crippen molar-refractivity contribution < 1.29 is 8.83 Å². The van der Waals surface area contributed by atoms with Gasteiger partial charge in [0, 0.05) is 72.9 Å². The Hall–Kier alpha value is -12.9. The Morgan fingerprint density at radius 3 is 1.34 bits per heavy atom. The van der Waals surface area contributed by atoms with Crippen LogP contribution in [0, 0.1) is 0 Å².